The summed E-state index contributed by atoms with van der Waals surface area (Å²) in [5, 5.41) is 0. The number of likely N-dealkylation sites (N-methyl/N-ethyl adjacent to an activating group) is 1. The van der Waals surface area contributed by atoms with Gasteiger partial charge in [0.2, 0.25) is 0 Å². The molecule has 6 heteroatoms. The number of ether oxygens (including phenoxy) is 2. The summed E-state index contributed by atoms with van der Waals surface area (Å²) in [6.45, 7) is 16.4. The van der Waals surface area contributed by atoms with Crippen molar-refractivity contribution >= 4 is 11.9 Å². The average molecular weight is 925 g/mol. The SMILES string of the molecule is CCCCCCCCC=CCCCCCCCCOC(=O)C(CCC(=O)OC(CCCCCCCCCCCCCC)CCCCCCCCCCCCCC)[N+](CC)(CC)CC.[Cl-]. The Hall–Kier alpha value is -1.07. The van der Waals surface area contributed by atoms with Gasteiger partial charge in [0.25, 0.3) is 0 Å². The number of unbranched alkanes of at least 4 members (excludes halogenated alkanes) is 34. The van der Waals surface area contributed by atoms with Crippen LogP contribution >= 0.6 is 0 Å². The van der Waals surface area contributed by atoms with Crippen molar-refractivity contribution in [2.75, 3.05) is 26.2 Å². The highest BCUT2D eigenvalue weighted by molar-refractivity contribution is 5.76. The van der Waals surface area contributed by atoms with Gasteiger partial charge in [-0.05, 0) is 78.6 Å². The minimum absolute atomic E-state index is 0. The van der Waals surface area contributed by atoms with E-state index < -0.39 is 0 Å². The molecule has 0 rings (SSSR count). The number of halogens is 1. The van der Waals surface area contributed by atoms with E-state index in [9.17, 15) is 9.59 Å². The topological polar surface area (TPSA) is 52.6 Å². The predicted molar refractivity (Wildman–Crippen MR) is 277 cm³/mol. The van der Waals surface area contributed by atoms with Crippen LogP contribution in [0, 0.1) is 0 Å². The van der Waals surface area contributed by atoms with Crippen molar-refractivity contribution in [2.45, 2.75) is 323 Å². The Kier molecular flexibility index (Phi) is 52.1. The van der Waals surface area contributed by atoms with Crippen LogP contribution in [0.15, 0.2) is 12.2 Å². The molecule has 0 amide bonds. The second-order valence-corrected chi connectivity index (χ2v) is 19.8. The van der Waals surface area contributed by atoms with Crippen LogP contribution in [-0.4, -0.2) is 54.8 Å². The zero-order valence-electron chi connectivity index (χ0n) is 44.3. The molecule has 0 bridgehead atoms. The summed E-state index contributed by atoms with van der Waals surface area (Å²) in [7, 11) is 0. The number of allylic oxidation sites excluding steroid dienone is 2. The lowest BCUT2D eigenvalue weighted by Gasteiger charge is -2.41. The van der Waals surface area contributed by atoms with Crippen LogP contribution in [0.4, 0.5) is 0 Å². The van der Waals surface area contributed by atoms with Gasteiger partial charge in [-0.25, -0.2) is 4.79 Å². The first-order valence-electron chi connectivity index (χ1n) is 28.8. The van der Waals surface area contributed by atoms with Crippen LogP contribution in [0.25, 0.3) is 0 Å². The van der Waals surface area contributed by atoms with Crippen LogP contribution < -0.4 is 12.4 Å². The molecule has 0 saturated carbocycles. The quantitative estimate of drug-likeness (QED) is 0.0264. The molecule has 0 aromatic heterocycles. The smallest absolute Gasteiger partial charge is 0.364 e. The molecule has 0 aliphatic carbocycles. The van der Waals surface area contributed by atoms with Gasteiger partial charge in [-0.1, -0.05) is 232 Å². The van der Waals surface area contributed by atoms with Gasteiger partial charge in [-0.15, -0.1) is 0 Å². The highest BCUT2D eigenvalue weighted by Gasteiger charge is 2.40. The second-order valence-electron chi connectivity index (χ2n) is 19.8. The summed E-state index contributed by atoms with van der Waals surface area (Å²) in [6, 6.07) is -0.321. The number of esters is 2. The summed E-state index contributed by atoms with van der Waals surface area (Å²) in [4.78, 5) is 27.3. The lowest BCUT2D eigenvalue weighted by molar-refractivity contribution is -0.939. The van der Waals surface area contributed by atoms with Crippen molar-refractivity contribution in [3.05, 3.63) is 12.2 Å². The minimum atomic E-state index is -0.321. The van der Waals surface area contributed by atoms with Gasteiger partial charge in [0, 0.05) is 6.42 Å². The summed E-state index contributed by atoms with van der Waals surface area (Å²) in [5.74, 6) is -0.240. The molecule has 382 valence electrons. The predicted octanol–water partition coefficient (Wildman–Crippen LogP) is 15.7. The number of carbonyl (C=O) groups is 2. The van der Waals surface area contributed by atoms with E-state index in [4.69, 9.17) is 9.47 Å². The molecule has 0 aliphatic heterocycles. The van der Waals surface area contributed by atoms with Crippen LogP contribution in [0.3, 0.4) is 0 Å². The summed E-state index contributed by atoms with van der Waals surface area (Å²) < 4.78 is 12.9. The molecular formula is C58H114ClNO4. The summed E-state index contributed by atoms with van der Waals surface area (Å²) >= 11 is 0. The van der Waals surface area contributed by atoms with E-state index in [2.05, 4.69) is 53.7 Å². The Bertz CT molecular complexity index is 947. The fourth-order valence-electron chi connectivity index (χ4n) is 9.75. The van der Waals surface area contributed by atoms with Gasteiger partial charge in [0.1, 0.15) is 6.10 Å². The van der Waals surface area contributed by atoms with Gasteiger partial charge >= 0.3 is 11.9 Å². The number of hydrogen-bond acceptors (Lipinski definition) is 4. The Labute approximate surface area is 408 Å². The molecule has 0 N–H and O–H groups in total. The van der Waals surface area contributed by atoms with E-state index in [0.29, 0.717) is 23.9 Å². The molecule has 0 radical (unpaired) electrons. The van der Waals surface area contributed by atoms with Gasteiger partial charge in [0.05, 0.1) is 32.7 Å². The average Bonchev–Trinajstić information content (AvgIpc) is 3.29. The molecule has 0 saturated heterocycles. The molecule has 0 aromatic carbocycles. The number of hydrogen-bond donors (Lipinski definition) is 0. The highest BCUT2D eigenvalue weighted by Crippen LogP contribution is 2.23. The molecule has 0 spiro atoms. The van der Waals surface area contributed by atoms with Gasteiger partial charge in [0.15, 0.2) is 6.04 Å². The highest BCUT2D eigenvalue weighted by atomic mass is 35.5. The van der Waals surface area contributed by atoms with E-state index in [1.807, 2.05) is 0 Å². The third-order valence-electron chi connectivity index (χ3n) is 14.4. The Morgan fingerprint density at radius 1 is 0.406 bits per heavy atom. The first kappa shape index (κ1) is 65.0. The molecule has 1 atom stereocenters. The fourth-order valence-corrected chi connectivity index (χ4v) is 9.75. The second kappa shape index (κ2) is 51.3. The molecule has 64 heavy (non-hydrogen) atoms. The normalized spacial score (nSPS) is 12.3. The van der Waals surface area contributed by atoms with Crippen molar-refractivity contribution in [3.63, 3.8) is 0 Å². The van der Waals surface area contributed by atoms with Gasteiger partial charge in [-0.2, -0.15) is 0 Å². The first-order chi connectivity index (χ1) is 30.9. The van der Waals surface area contributed by atoms with Gasteiger partial charge < -0.3 is 26.4 Å². The van der Waals surface area contributed by atoms with Crippen molar-refractivity contribution in [3.8, 4) is 0 Å². The molecule has 0 aliphatic rings. The molecule has 0 aromatic rings. The Morgan fingerprint density at radius 3 is 1.06 bits per heavy atom. The van der Waals surface area contributed by atoms with Crippen molar-refractivity contribution in [2.24, 2.45) is 0 Å². The molecule has 0 heterocycles. The van der Waals surface area contributed by atoms with E-state index >= 15 is 0 Å². The maximum Gasteiger partial charge on any atom is 0.364 e. The van der Waals surface area contributed by atoms with Crippen LogP contribution in [-0.2, 0) is 19.1 Å². The van der Waals surface area contributed by atoms with E-state index in [-0.39, 0.29) is 36.5 Å². The Balaban J connectivity index is 0. The molecular weight excluding hydrogens is 810 g/mol. The third kappa shape index (κ3) is 40.0. The third-order valence-corrected chi connectivity index (χ3v) is 14.4. The summed E-state index contributed by atoms with van der Waals surface area (Å²) in [6.07, 6.45) is 57.4. The summed E-state index contributed by atoms with van der Waals surface area (Å²) in [5.41, 5.74) is 0. The van der Waals surface area contributed by atoms with Crippen molar-refractivity contribution in [1.82, 2.24) is 0 Å². The van der Waals surface area contributed by atoms with Crippen molar-refractivity contribution in [1.29, 1.82) is 0 Å². The Morgan fingerprint density at radius 2 is 0.719 bits per heavy atom. The van der Waals surface area contributed by atoms with Crippen LogP contribution in [0.1, 0.15) is 311 Å². The number of rotatable bonds is 51. The molecule has 5 nitrogen and oxygen atoms in total. The first-order valence-corrected chi connectivity index (χ1v) is 28.8. The molecule has 1 unspecified atom stereocenters. The number of quaternary nitrogens is 1. The largest absolute Gasteiger partial charge is 1.00 e. The zero-order valence-corrected chi connectivity index (χ0v) is 45.1. The maximum atomic E-state index is 13.7. The lowest BCUT2D eigenvalue weighted by atomic mass is 10.0. The number of nitrogens with zero attached hydrogens (tertiary/aromatic N) is 1. The minimum Gasteiger partial charge on any atom is -1.00 e. The van der Waals surface area contributed by atoms with E-state index in [1.165, 1.54) is 218 Å². The lowest BCUT2D eigenvalue weighted by Crippen LogP contribution is -3.00. The number of carbonyl (C=O) groups excluding carboxylic acids is 2. The zero-order chi connectivity index (χ0) is 46.2. The van der Waals surface area contributed by atoms with Gasteiger partial charge in [-0.3, -0.25) is 4.79 Å². The standard InChI is InChI=1S/C58H114NO4.ClH/c1-7-13-16-19-22-25-28-31-32-33-34-37-40-43-46-49-54-62-58(61)56(59(10-4,11-5)12-6)52-53-57(60)63-55(50-47-44-41-38-35-29-26-23-20-17-14-8-2)51-48-45-42-39-36-30-27-24-21-18-15-9-3;/h31-32,55-56H,7-30,33-54H2,1-6H3;1H/q+1;/p-1. The van der Waals surface area contributed by atoms with Crippen LogP contribution in [0.5, 0.6) is 0 Å². The van der Waals surface area contributed by atoms with E-state index in [0.717, 1.165) is 58.2 Å². The fraction of sp³-hybridized carbons (Fsp3) is 0.931. The van der Waals surface area contributed by atoms with E-state index in [1.54, 1.807) is 0 Å². The van der Waals surface area contributed by atoms with Crippen molar-refractivity contribution < 1.29 is 36.0 Å². The maximum absolute atomic E-state index is 13.7. The molecule has 0 fully saturated rings. The monoisotopic (exact) mass is 924 g/mol. The van der Waals surface area contributed by atoms with Crippen LogP contribution in [0.2, 0.25) is 0 Å².